The van der Waals surface area contributed by atoms with E-state index in [4.69, 9.17) is 0 Å². The predicted molar refractivity (Wildman–Crippen MR) is 56.1 cm³/mol. The van der Waals surface area contributed by atoms with Gasteiger partial charge in [0.1, 0.15) is 6.04 Å². The van der Waals surface area contributed by atoms with Crippen LogP contribution in [0.25, 0.3) is 0 Å². The fourth-order valence-electron chi connectivity index (χ4n) is 2.52. The summed E-state index contributed by atoms with van der Waals surface area (Å²) >= 11 is 0. The fraction of sp³-hybridized carbons (Fsp3) is 0.818. The van der Waals surface area contributed by atoms with Crippen molar-refractivity contribution < 1.29 is 9.59 Å². The summed E-state index contributed by atoms with van der Waals surface area (Å²) in [6.45, 7) is 0.480. The van der Waals surface area contributed by atoms with Crippen molar-refractivity contribution in [2.24, 2.45) is 5.92 Å². The minimum Gasteiger partial charge on any atom is -0.354 e. The lowest BCUT2D eigenvalue weighted by Gasteiger charge is -2.28. The number of hydrogen-bond donors (Lipinski definition) is 2. The Kier molecular flexibility index (Phi) is 3.23. The smallest absolute Gasteiger partial charge is 0.242 e. The van der Waals surface area contributed by atoms with Gasteiger partial charge in [-0.05, 0) is 18.8 Å². The zero-order valence-electron chi connectivity index (χ0n) is 8.92. The fourth-order valence-corrected chi connectivity index (χ4v) is 2.52. The van der Waals surface area contributed by atoms with Crippen LogP contribution in [-0.2, 0) is 9.59 Å². The molecule has 1 saturated heterocycles. The van der Waals surface area contributed by atoms with Gasteiger partial charge in [0.05, 0.1) is 0 Å². The SMILES string of the molecule is O=C1CCNC(=O)C(C2CCCCC2)N1. The summed E-state index contributed by atoms with van der Waals surface area (Å²) in [5.74, 6) is 0.359. The topological polar surface area (TPSA) is 58.2 Å². The van der Waals surface area contributed by atoms with Crippen molar-refractivity contribution in [2.75, 3.05) is 6.54 Å². The Labute approximate surface area is 89.8 Å². The van der Waals surface area contributed by atoms with Crippen LogP contribution in [0.4, 0.5) is 0 Å². The molecule has 15 heavy (non-hydrogen) atoms. The summed E-state index contributed by atoms with van der Waals surface area (Å²) in [6, 6.07) is -0.278. The zero-order chi connectivity index (χ0) is 10.7. The molecule has 0 aromatic rings. The van der Waals surface area contributed by atoms with Gasteiger partial charge >= 0.3 is 0 Å². The monoisotopic (exact) mass is 210 g/mol. The first kappa shape index (κ1) is 10.5. The summed E-state index contributed by atoms with van der Waals surface area (Å²) in [6.07, 6.45) is 6.18. The number of rotatable bonds is 1. The second-order valence-corrected chi connectivity index (χ2v) is 4.48. The van der Waals surface area contributed by atoms with Gasteiger partial charge in [0, 0.05) is 13.0 Å². The van der Waals surface area contributed by atoms with Crippen molar-refractivity contribution in [3.05, 3.63) is 0 Å². The summed E-state index contributed by atoms with van der Waals surface area (Å²) in [5.41, 5.74) is 0. The van der Waals surface area contributed by atoms with Crippen molar-refractivity contribution in [3.8, 4) is 0 Å². The van der Waals surface area contributed by atoms with Gasteiger partial charge < -0.3 is 10.6 Å². The van der Waals surface area contributed by atoms with Gasteiger partial charge in [-0.15, -0.1) is 0 Å². The molecule has 2 amide bonds. The van der Waals surface area contributed by atoms with E-state index in [0.717, 1.165) is 12.8 Å². The van der Waals surface area contributed by atoms with Crippen LogP contribution < -0.4 is 10.6 Å². The number of carbonyl (C=O) groups is 2. The third-order valence-electron chi connectivity index (χ3n) is 3.37. The molecule has 0 spiro atoms. The van der Waals surface area contributed by atoms with Gasteiger partial charge in [0.2, 0.25) is 11.8 Å². The van der Waals surface area contributed by atoms with E-state index in [0.29, 0.717) is 18.9 Å². The zero-order valence-corrected chi connectivity index (χ0v) is 8.92. The Bertz CT molecular complexity index is 259. The Morgan fingerprint density at radius 2 is 1.80 bits per heavy atom. The van der Waals surface area contributed by atoms with Crippen molar-refractivity contribution in [3.63, 3.8) is 0 Å². The van der Waals surface area contributed by atoms with E-state index in [2.05, 4.69) is 10.6 Å². The molecule has 2 fully saturated rings. The van der Waals surface area contributed by atoms with E-state index >= 15 is 0 Å². The Morgan fingerprint density at radius 3 is 2.53 bits per heavy atom. The van der Waals surface area contributed by atoms with Crippen LogP contribution in [0.1, 0.15) is 38.5 Å². The van der Waals surface area contributed by atoms with Crippen LogP contribution in [0.5, 0.6) is 0 Å². The normalized spacial score (nSPS) is 29.2. The van der Waals surface area contributed by atoms with Gasteiger partial charge in [0.15, 0.2) is 0 Å². The molecule has 1 aliphatic carbocycles. The summed E-state index contributed by atoms with van der Waals surface area (Å²) in [7, 11) is 0. The van der Waals surface area contributed by atoms with E-state index in [1.807, 2.05) is 0 Å². The molecule has 4 heteroatoms. The lowest BCUT2D eigenvalue weighted by Crippen LogP contribution is -2.48. The maximum absolute atomic E-state index is 11.7. The second kappa shape index (κ2) is 4.64. The summed E-state index contributed by atoms with van der Waals surface area (Å²) in [5, 5.41) is 5.65. The summed E-state index contributed by atoms with van der Waals surface area (Å²) in [4.78, 5) is 23.1. The Hall–Kier alpha value is -1.06. The van der Waals surface area contributed by atoms with Crippen molar-refractivity contribution in [1.29, 1.82) is 0 Å². The van der Waals surface area contributed by atoms with Crippen LogP contribution in [0, 0.1) is 5.92 Å². The first-order valence-electron chi connectivity index (χ1n) is 5.84. The predicted octanol–water partition coefficient (Wildman–Crippen LogP) is 0.571. The van der Waals surface area contributed by atoms with Crippen LogP contribution in [0.15, 0.2) is 0 Å². The van der Waals surface area contributed by atoms with Crippen LogP contribution in [-0.4, -0.2) is 24.4 Å². The number of hydrogen-bond acceptors (Lipinski definition) is 2. The molecule has 4 nitrogen and oxygen atoms in total. The van der Waals surface area contributed by atoms with E-state index in [1.165, 1.54) is 19.3 Å². The molecule has 0 bridgehead atoms. The van der Waals surface area contributed by atoms with Gasteiger partial charge in [-0.3, -0.25) is 9.59 Å². The molecule has 1 aliphatic heterocycles. The maximum Gasteiger partial charge on any atom is 0.242 e. The molecule has 0 aromatic heterocycles. The third-order valence-corrected chi connectivity index (χ3v) is 3.37. The van der Waals surface area contributed by atoms with Gasteiger partial charge in [-0.25, -0.2) is 0 Å². The first-order chi connectivity index (χ1) is 7.27. The van der Waals surface area contributed by atoms with E-state index in [9.17, 15) is 9.59 Å². The maximum atomic E-state index is 11.7. The molecule has 2 N–H and O–H groups in total. The van der Waals surface area contributed by atoms with Crippen molar-refractivity contribution in [1.82, 2.24) is 10.6 Å². The molecule has 1 saturated carbocycles. The standard InChI is InChI=1S/C11H18N2O2/c14-9-6-7-12-11(15)10(13-9)8-4-2-1-3-5-8/h8,10H,1-7H2,(H,12,15)(H,13,14). The molecule has 2 aliphatic rings. The highest BCUT2D eigenvalue weighted by Crippen LogP contribution is 2.27. The molecular formula is C11H18N2O2. The average molecular weight is 210 g/mol. The largest absolute Gasteiger partial charge is 0.354 e. The Balaban J connectivity index is 2.02. The van der Waals surface area contributed by atoms with Gasteiger partial charge in [-0.2, -0.15) is 0 Å². The summed E-state index contributed by atoms with van der Waals surface area (Å²) < 4.78 is 0. The lowest BCUT2D eigenvalue weighted by atomic mass is 9.83. The minimum atomic E-state index is -0.278. The van der Waals surface area contributed by atoms with Gasteiger partial charge in [-0.1, -0.05) is 19.3 Å². The van der Waals surface area contributed by atoms with Crippen LogP contribution >= 0.6 is 0 Å². The molecule has 0 radical (unpaired) electrons. The molecule has 2 rings (SSSR count). The quantitative estimate of drug-likeness (QED) is 0.665. The third kappa shape index (κ3) is 2.49. The van der Waals surface area contributed by atoms with Crippen molar-refractivity contribution in [2.45, 2.75) is 44.6 Å². The van der Waals surface area contributed by atoms with E-state index in [-0.39, 0.29) is 17.9 Å². The molecule has 1 heterocycles. The highest BCUT2D eigenvalue weighted by Gasteiger charge is 2.32. The van der Waals surface area contributed by atoms with Crippen molar-refractivity contribution >= 4 is 11.8 Å². The van der Waals surface area contributed by atoms with E-state index < -0.39 is 0 Å². The Morgan fingerprint density at radius 1 is 1.07 bits per heavy atom. The van der Waals surface area contributed by atoms with Crippen LogP contribution in [0.3, 0.4) is 0 Å². The number of nitrogens with one attached hydrogen (secondary N) is 2. The molecular weight excluding hydrogens is 192 g/mol. The molecule has 1 atom stereocenters. The van der Waals surface area contributed by atoms with Gasteiger partial charge in [0.25, 0.3) is 0 Å². The molecule has 84 valence electrons. The minimum absolute atomic E-state index is 0.00363. The molecule has 0 aromatic carbocycles. The lowest BCUT2D eigenvalue weighted by molar-refractivity contribution is -0.128. The first-order valence-corrected chi connectivity index (χ1v) is 5.84. The number of amides is 2. The highest BCUT2D eigenvalue weighted by atomic mass is 16.2. The van der Waals surface area contributed by atoms with Crippen LogP contribution in [0.2, 0.25) is 0 Å². The van der Waals surface area contributed by atoms with E-state index in [1.54, 1.807) is 0 Å². The second-order valence-electron chi connectivity index (χ2n) is 4.48. The highest BCUT2D eigenvalue weighted by molar-refractivity contribution is 5.90. The number of carbonyl (C=O) groups excluding carboxylic acids is 2. The molecule has 1 unspecified atom stereocenters. The average Bonchev–Trinajstić information content (AvgIpc) is 2.42.